The Morgan fingerprint density at radius 1 is 1.33 bits per heavy atom. The van der Waals surface area contributed by atoms with Gasteiger partial charge in [-0.05, 0) is 31.5 Å². The van der Waals surface area contributed by atoms with Gasteiger partial charge in [0.15, 0.2) is 0 Å². The summed E-state index contributed by atoms with van der Waals surface area (Å²) in [4.78, 5) is 0. The maximum atomic E-state index is 8.97. The molecule has 0 aliphatic heterocycles. The summed E-state index contributed by atoms with van der Waals surface area (Å²) in [6.07, 6.45) is 0. The third-order valence-electron chi connectivity index (χ3n) is 2.20. The molecule has 0 aromatic heterocycles. The van der Waals surface area contributed by atoms with Crippen LogP contribution >= 0.6 is 15.9 Å². The summed E-state index contributed by atoms with van der Waals surface area (Å²) in [5, 5.41) is 9.79. The van der Waals surface area contributed by atoms with Crippen molar-refractivity contribution in [2.75, 3.05) is 11.9 Å². The third-order valence-corrected chi connectivity index (χ3v) is 2.53. The number of halogens is 1. The molecule has 0 bridgehead atoms. The largest absolute Gasteiger partial charge is 0.493 e. The SMILES string of the molecule is CC(C)(C#N)c1ccc(OCCBr)cc1. The number of hydrogen-bond acceptors (Lipinski definition) is 2. The highest BCUT2D eigenvalue weighted by Crippen LogP contribution is 2.24. The second kappa shape index (κ2) is 5.18. The van der Waals surface area contributed by atoms with Crippen molar-refractivity contribution in [3.05, 3.63) is 29.8 Å². The second-order valence-corrected chi connectivity index (χ2v) is 4.59. The predicted octanol–water partition coefficient (Wildman–Crippen LogP) is 3.26. The third kappa shape index (κ3) is 3.24. The number of hydrogen-bond donors (Lipinski definition) is 0. The molecule has 0 heterocycles. The lowest BCUT2D eigenvalue weighted by Crippen LogP contribution is -2.13. The predicted molar refractivity (Wildman–Crippen MR) is 64.4 cm³/mol. The zero-order valence-corrected chi connectivity index (χ0v) is 10.5. The van der Waals surface area contributed by atoms with Gasteiger partial charge in [-0.15, -0.1) is 0 Å². The van der Waals surface area contributed by atoms with E-state index in [1.54, 1.807) is 0 Å². The molecule has 0 N–H and O–H groups in total. The lowest BCUT2D eigenvalue weighted by molar-refractivity contribution is 0.345. The van der Waals surface area contributed by atoms with Crippen LogP contribution in [0.4, 0.5) is 0 Å². The number of ether oxygens (including phenoxy) is 1. The molecule has 0 aliphatic rings. The second-order valence-electron chi connectivity index (χ2n) is 3.80. The van der Waals surface area contributed by atoms with Crippen LogP contribution < -0.4 is 4.74 Å². The average Bonchev–Trinajstić information content (AvgIpc) is 2.27. The number of alkyl halides is 1. The lowest BCUT2D eigenvalue weighted by Gasteiger charge is -2.15. The van der Waals surface area contributed by atoms with Crippen LogP contribution in [0, 0.1) is 11.3 Å². The minimum Gasteiger partial charge on any atom is -0.493 e. The van der Waals surface area contributed by atoms with Gasteiger partial charge in [-0.25, -0.2) is 0 Å². The molecule has 1 aromatic rings. The van der Waals surface area contributed by atoms with Gasteiger partial charge >= 0.3 is 0 Å². The van der Waals surface area contributed by atoms with Gasteiger partial charge in [-0.3, -0.25) is 0 Å². The van der Waals surface area contributed by atoms with Gasteiger partial charge in [-0.2, -0.15) is 5.26 Å². The minimum atomic E-state index is -0.437. The van der Waals surface area contributed by atoms with E-state index in [2.05, 4.69) is 22.0 Å². The van der Waals surface area contributed by atoms with Gasteiger partial charge in [0.2, 0.25) is 0 Å². The first-order valence-electron chi connectivity index (χ1n) is 4.81. The van der Waals surface area contributed by atoms with Crippen molar-refractivity contribution < 1.29 is 4.74 Å². The van der Waals surface area contributed by atoms with E-state index < -0.39 is 5.41 Å². The maximum absolute atomic E-state index is 8.97. The van der Waals surface area contributed by atoms with Gasteiger partial charge in [-0.1, -0.05) is 28.1 Å². The Morgan fingerprint density at radius 2 is 1.93 bits per heavy atom. The summed E-state index contributed by atoms with van der Waals surface area (Å²) < 4.78 is 5.43. The number of benzene rings is 1. The number of rotatable bonds is 4. The molecule has 0 radical (unpaired) electrons. The van der Waals surface area contributed by atoms with Crippen molar-refractivity contribution in [3.63, 3.8) is 0 Å². The Bertz CT molecular complexity index is 351. The van der Waals surface area contributed by atoms with E-state index in [-0.39, 0.29) is 0 Å². The molecule has 0 atom stereocenters. The Morgan fingerprint density at radius 3 is 2.40 bits per heavy atom. The fourth-order valence-corrected chi connectivity index (χ4v) is 1.35. The number of nitriles is 1. The van der Waals surface area contributed by atoms with Crippen LogP contribution in [0.5, 0.6) is 5.75 Å². The molecule has 0 saturated heterocycles. The fourth-order valence-electron chi connectivity index (χ4n) is 1.19. The maximum Gasteiger partial charge on any atom is 0.119 e. The zero-order chi connectivity index (χ0) is 11.3. The van der Waals surface area contributed by atoms with Gasteiger partial charge in [0, 0.05) is 5.33 Å². The van der Waals surface area contributed by atoms with Gasteiger partial charge < -0.3 is 4.74 Å². The van der Waals surface area contributed by atoms with E-state index in [0.717, 1.165) is 16.6 Å². The highest BCUT2D eigenvalue weighted by atomic mass is 79.9. The fraction of sp³-hybridized carbons (Fsp3) is 0.417. The normalized spacial score (nSPS) is 10.8. The van der Waals surface area contributed by atoms with E-state index >= 15 is 0 Å². The van der Waals surface area contributed by atoms with Crippen LogP contribution in [0.1, 0.15) is 19.4 Å². The van der Waals surface area contributed by atoms with E-state index in [1.165, 1.54) is 0 Å². The first-order chi connectivity index (χ1) is 7.10. The Labute approximate surface area is 99.0 Å². The van der Waals surface area contributed by atoms with E-state index in [1.807, 2.05) is 38.1 Å². The summed E-state index contributed by atoms with van der Waals surface area (Å²) in [5.41, 5.74) is 0.574. The van der Waals surface area contributed by atoms with Crippen LogP contribution in [0.2, 0.25) is 0 Å². The van der Waals surface area contributed by atoms with E-state index in [0.29, 0.717) is 6.61 Å². The summed E-state index contributed by atoms with van der Waals surface area (Å²) in [6, 6.07) is 9.95. The van der Waals surface area contributed by atoms with Gasteiger partial charge in [0.1, 0.15) is 5.75 Å². The summed E-state index contributed by atoms with van der Waals surface area (Å²) >= 11 is 3.30. The summed E-state index contributed by atoms with van der Waals surface area (Å²) in [5.74, 6) is 0.840. The lowest BCUT2D eigenvalue weighted by atomic mass is 9.86. The van der Waals surface area contributed by atoms with Crippen molar-refractivity contribution in [1.82, 2.24) is 0 Å². The molecule has 0 fully saturated rings. The monoisotopic (exact) mass is 267 g/mol. The first kappa shape index (κ1) is 12.1. The van der Waals surface area contributed by atoms with Crippen LogP contribution in [0.15, 0.2) is 24.3 Å². The van der Waals surface area contributed by atoms with Crippen molar-refractivity contribution in [2.45, 2.75) is 19.3 Å². The topological polar surface area (TPSA) is 33.0 Å². The molecule has 1 rings (SSSR count). The molecule has 2 nitrogen and oxygen atoms in total. The molecular weight excluding hydrogens is 254 g/mol. The van der Waals surface area contributed by atoms with Gasteiger partial charge in [0.25, 0.3) is 0 Å². The first-order valence-corrected chi connectivity index (χ1v) is 5.93. The molecule has 0 aliphatic carbocycles. The average molecular weight is 268 g/mol. The molecule has 0 spiro atoms. The quantitative estimate of drug-likeness (QED) is 0.785. The summed E-state index contributed by atoms with van der Waals surface area (Å²) in [7, 11) is 0. The van der Waals surface area contributed by atoms with E-state index in [9.17, 15) is 0 Å². The molecule has 3 heteroatoms. The molecule has 80 valence electrons. The Kier molecular flexibility index (Phi) is 4.16. The van der Waals surface area contributed by atoms with E-state index in [4.69, 9.17) is 10.00 Å². The molecule has 0 amide bonds. The van der Waals surface area contributed by atoms with Crippen LogP contribution in [0.25, 0.3) is 0 Å². The van der Waals surface area contributed by atoms with Crippen molar-refractivity contribution >= 4 is 15.9 Å². The molecular formula is C12H14BrNO. The Balaban J connectivity index is 2.77. The molecule has 15 heavy (non-hydrogen) atoms. The van der Waals surface area contributed by atoms with Crippen molar-refractivity contribution in [2.24, 2.45) is 0 Å². The summed E-state index contributed by atoms with van der Waals surface area (Å²) in [6.45, 7) is 4.46. The Hall–Kier alpha value is -1.01. The highest BCUT2D eigenvalue weighted by molar-refractivity contribution is 9.09. The zero-order valence-electron chi connectivity index (χ0n) is 8.96. The van der Waals surface area contributed by atoms with Crippen molar-refractivity contribution in [3.8, 4) is 11.8 Å². The molecule has 0 unspecified atom stereocenters. The standard InChI is InChI=1S/C12H14BrNO/c1-12(2,9-14)10-3-5-11(6-4-10)15-8-7-13/h3-6H,7-8H2,1-2H3. The van der Waals surface area contributed by atoms with Crippen molar-refractivity contribution in [1.29, 1.82) is 5.26 Å². The highest BCUT2D eigenvalue weighted by Gasteiger charge is 2.19. The van der Waals surface area contributed by atoms with Crippen LogP contribution in [-0.4, -0.2) is 11.9 Å². The minimum absolute atomic E-state index is 0.437. The molecule has 1 aromatic carbocycles. The van der Waals surface area contributed by atoms with Crippen LogP contribution in [0.3, 0.4) is 0 Å². The van der Waals surface area contributed by atoms with Crippen LogP contribution in [-0.2, 0) is 5.41 Å². The van der Waals surface area contributed by atoms with Gasteiger partial charge in [0.05, 0.1) is 18.1 Å². The molecule has 0 saturated carbocycles. The number of nitrogens with zero attached hydrogens (tertiary/aromatic N) is 1. The smallest absolute Gasteiger partial charge is 0.119 e.